The first-order valence-corrected chi connectivity index (χ1v) is 8.39. The second kappa shape index (κ2) is 5.90. The van der Waals surface area contributed by atoms with E-state index >= 15 is 0 Å². The number of nitrogen functional groups attached to an aromatic ring is 1. The van der Waals surface area contributed by atoms with Crippen molar-refractivity contribution in [3.63, 3.8) is 0 Å². The van der Waals surface area contributed by atoms with Gasteiger partial charge in [-0.1, -0.05) is 0 Å². The highest BCUT2D eigenvalue weighted by molar-refractivity contribution is 7.89. The van der Waals surface area contributed by atoms with E-state index in [4.69, 9.17) is 10.8 Å². The van der Waals surface area contributed by atoms with Crippen LogP contribution in [0.3, 0.4) is 0 Å². The average molecular weight is 316 g/mol. The number of halogens is 1. The summed E-state index contributed by atoms with van der Waals surface area (Å²) in [7, 11) is -3.69. The number of rotatable bonds is 3. The van der Waals surface area contributed by atoms with Crippen LogP contribution in [0.25, 0.3) is 0 Å². The molecule has 2 rings (SSSR count). The summed E-state index contributed by atoms with van der Waals surface area (Å²) < 4.78 is 40.5. The van der Waals surface area contributed by atoms with Crippen molar-refractivity contribution < 1.29 is 17.9 Å². The molecule has 118 valence electrons. The molecule has 1 aliphatic heterocycles. The zero-order valence-electron chi connectivity index (χ0n) is 12.3. The summed E-state index contributed by atoms with van der Waals surface area (Å²) in [6, 6.07) is 1.16. The highest BCUT2D eigenvalue weighted by Crippen LogP contribution is 2.31. The van der Waals surface area contributed by atoms with E-state index in [9.17, 15) is 12.8 Å². The molecule has 1 heterocycles. The molecule has 1 aliphatic rings. The zero-order valence-corrected chi connectivity index (χ0v) is 13.1. The molecule has 0 atom stereocenters. The minimum absolute atomic E-state index is 0.0788. The molecular formula is C14H21FN2O3S. The fourth-order valence-electron chi connectivity index (χ4n) is 2.79. The second-order valence-corrected chi connectivity index (χ2v) is 7.45. The van der Waals surface area contributed by atoms with Gasteiger partial charge in [-0.15, -0.1) is 0 Å². The van der Waals surface area contributed by atoms with E-state index in [2.05, 4.69) is 0 Å². The maximum atomic E-state index is 13.6. The van der Waals surface area contributed by atoms with E-state index in [1.54, 1.807) is 6.92 Å². The second-order valence-electron chi connectivity index (χ2n) is 5.57. The molecule has 3 N–H and O–H groups in total. The molecule has 0 radical (unpaired) electrons. The van der Waals surface area contributed by atoms with Crippen LogP contribution >= 0.6 is 0 Å². The molecule has 1 aromatic carbocycles. The number of benzene rings is 1. The van der Waals surface area contributed by atoms with Crippen molar-refractivity contribution in [1.82, 2.24) is 4.31 Å². The van der Waals surface area contributed by atoms with Crippen LogP contribution in [-0.4, -0.2) is 37.5 Å². The Kier molecular flexibility index (Phi) is 4.55. The van der Waals surface area contributed by atoms with Crippen LogP contribution in [-0.2, 0) is 10.0 Å². The van der Waals surface area contributed by atoms with Gasteiger partial charge in [-0.25, -0.2) is 12.8 Å². The largest absolute Gasteiger partial charge is 0.396 e. The number of hydrogen-bond donors (Lipinski definition) is 2. The molecule has 0 saturated carbocycles. The molecule has 0 spiro atoms. The van der Waals surface area contributed by atoms with Crippen LogP contribution in [0.4, 0.5) is 10.1 Å². The molecule has 0 amide bonds. The first-order chi connectivity index (χ1) is 9.78. The van der Waals surface area contributed by atoms with Gasteiger partial charge in [-0.05, 0) is 49.8 Å². The number of hydrogen-bond acceptors (Lipinski definition) is 4. The van der Waals surface area contributed by atoms with Crippen molar-refractivity contribution in [1.29, 1.82) is 0 Å². The Morgan fingerprint density at radius 3 is 2.48 bits per heavy atom. The molecule has 1 aromatic rings. The molecular weight excluding hydrogens is 295 g/mol. The average Bonchev–Trinajstić information content (AvgIpc) is 2.44. The number of anilines is 1. The molecule has 1 fully saturated rings. The minimum Gasteiger partial charge on any atom is -0.396 e. The van der Waals surface area contributed by atoms with Gasteiger partial charge >= 0.3 is 0 Å². The van der Waals surface area contributed by atoms with Crippen molar-refractivity contribution >= 4 is 15.7 Å². The van der Waals surface area contributed by atoms with Gasteiger partial charge < -0.3 is 10.8 Å². The van der Waals surface area contributed by atoms with E-state index in [1.807, 2.05) is 0 Å². The monoisotopic (exact) mass is 316 g/mol. The number of piperidine rings is 1. The molecule has 0 aromatic heterocycles. The third-order valence-electron chi connectivity index (χ3n) is 4.13. The van der Waals surface area contributed by atoms with Crippen LogP contribution in [0.15, 0.2) is 11.0 Å². The summed E-state index contributed by atoms with van der Waals surface area (Å²) in [6.07, 6.45) is 1.26. The lowest BCUT2D eigenvalue weighted by Gasteiger charge is -2.31. The topological polar surface area (TPSA) is 83.6 Å². The lowest BCUT2D eigenvalue weighted by molar-refractivity contribution is 0.170. The number of nitrogens with two attached hydrogens (primary N) is 1. The molecule has 0 aliphatic carbocycles. The van der Waals surface area contributed by atoms with Crippen molar-refractivity contribution in [2.75, 3.05) is 25.4 Å². The Morgan fingerprint density at radius 2 is 1.95 bits per heavy atom. The van der Waals surface area contributed by atoms with Gasteiger partial charge in [-0.2, -0.15) is 4.31 Å². The number of aliphatic hydroxyl groups excluding tert-OH is 1. The summed E-state index contributed by atoms with van der Waals surface area (Å²) in [5, 5.41) is 9.13. The first-order valence-electron chi connectivity index (χ1n) is 6.95. The Morgan fingerprint density at radius 1 is 1.38 bits per heavy atom. The molecule has 7 heteroatoms. The van der Waals surface area contributed by atoms with Crippen LogP contribution in [0.1, 0.15) is 24.0 Å². The third kappa shape index (κ3) is 2.90. The summed E-state index contributed by atoms with van der Waals surface area (Å²) in [6.45, 7) is 3.91. The fourth-order valence-corrected chi connectivity index (χ4v) is 4.70. The van der Waals surface area contributed by atoms with E-state index in [-0.39, 0.29) is 28.7 Å². The third-order valence-corrected chi connectivity index (χ3v) is 6.32. The van der Waals surface area contributed by atoms with Gasteiger partial charge in [0.2, 0.25) is 10.0 Å². The normalized spacial score (nSPS) is 18.1. The molecule has 1 saturated heterocycles. The van der Waals surface area contributed by atoms with Crippen molar-refractivity contribution in [2.24, 2.45) is 5.92 Å². The summed E-state index contributed by atoms with van der Waals surface area (Å²) in [5.41, 5.74) is 6.13. The SMILES string of the molecule is Cc1cc(F)c(N)c(C)c1S(=O)(=O)N1CCC(CO)CC1. The van der Waals surface area contributed by atoms with Crippen LogP contribution < -0.4 is 5.73 Å². The number of sulfonamides is 1. The number of aryl methyl sites for hydroxylation is 1. The smallest absolute Gasteiger partial charge is 0.243 e. The molecule has 21 heavy (non-hydrogen) atoms. The standard InChI is InChI=1S/C14H21FN2O3S/c1-9-7-12(15)13(16)10(2)14(9)21(19,20)17-5-3-11(8-18)4-6-17/h7,11,18H,3-6,8,16H2,1-2H3. The maximum Gasteiger partial charge on any atom is 0.243 e. The predicted molar refractivity (Wildman–Crippen MR) is 78.9 cm³/mol. The highest BCUT2D eigenvalue weighted by Gasteiger charge is 2.32. The van der Waals surface area contributed by atoms with E-state index in [0.29, 0.717) is 31.5 Å². The maximum absolute atomic E-state index is 13.6. The van der Waals surface area contributed by atoms with Gasteiger partial charge in [0, 0.05) is 19.7 Å². The summed E-state index contributed by atoms with van der Waals surface area (Å²) in [5.74, 6) is -0.445. The Bertz CT molecular complexity index is 638. The van der Waals surface area contributed by atoms with Gasteiger partial charge in [0.05, 0.1) is 10.6 Å². The zero-order chi connectivity index (χ0) is 15.8. The Labute approximate surface area is 124 Å². The Balaban J connectivity index is 2.40. The quantitative estimate of drug-likeness (QED) is 0.826. The van der Waals surface area contributed by atoms with Crippen molar-refractivity contribution in [2.45, 2.75) is 31.6 Å². The van der Waals surface area contributed by atoms with Crippen molar-refractivity contribution in [3.05, 3.63) is 23.0 Å². The van der Waals surface area contributed by atoms with Gasteiger partial charge in [0.1, 0.15) is 5.82 Å². The number of nitrogens with zero attached hydrogens (tertiary/aromatic N) is 1. The van der Waals surface area contributed by atoms with Gasteiger partial charge in [-0.3, -0.25) is 0 Å². The highest BCUT2D eigenvalue weighted by atomic mass is 32.2. The van der Waals surface area contributed by atoms with Gasteiger partial charge in [0.25, 0.3) is 0 Å². The fraction of sp³-hybridized carbons (Fsp3) is 0.571. The number of aliphatic hydroxyl groups is 1. The van der Waals surface area contributed by atoms with E-state index < -0.39 is 15.8 Å². The lowest BCUT2D eigenvalue weighted by Crippen LogP contribution is -2.39. The molecule has 0 unspecified atom stereocenters. The molecule has 5 nitrogen and oxygen atoms in total. The van der Waals surface area contributed by atoms with Crippen molar-refractivity contribution in [3.8, 4) is 0 Å². The summed E-state index contributed by atoms with van der Waals surface area (Å²) >= 11 is 0. The van der Waals surface area contributed by atoms with E-state index in [1.165, 1.54) is 11.2 Å². The van der Waals surface area contributed by atoms with Gasteiger partial charge in [0.15, 0.2) is 0 Å². The molecule has 0 bridgehead atoms. The Hall–Kier alpha value is -1.18. The minimum atomic E-state index is -3.69. The van der Waals surface area contributed by atoms with Crippen LogP contribution in [0.2, 0.25) is 0 Å². The summed E-state index contributed by atoms with van der Waals surface area (Å²) in [4.78, 5) is 0.101. The lowest BCUT2D eigenvalue weighted by atomic mass is 10.00. The first kappa shape index (κ1) is 16.2. The van der Waals surface area contributed by atoms with Crippen LogP contribution in [0.5, 0.6) is 0 Å². The van der Waals surface area contributed by atoms with E-state index in [0.717, 1.165) is 6.07 Å². The van der Waals surface area contributed by atoms with Crippen LogP contribution in [0, 0.1) is 25.6 Å². The predicted octanol–water partition coefficient (Wildman–Crippen LogP) is 1.42.